The lowest BCUT2D eigenvalue weighted by atomic mass is 9.46. The van der Waals surface area contributed by atoms with Gasteiger partial charge in [-0.15, -0.1) is 0 Å². The molecule has 4 N–H and O–H groups in total. The zero-order valence-electron chi connectivity index (χ0n) is 24.8. The molecule has 226 valence electrons. The molecule has 8 heteroatoms. The number of allylic oxidation sites excluding steroid dienone is 4. The van der Waals surface area contributed by atoms with Crippen LogP contribution in [0.5, 0.6) is 0 Å². The molecule has 3 saturated carbocycles. The minimum Gasteiger partial charge on any atom is -0.399 e. The Hall–Kier alpha value is -2.75. The lowest BCUT2D eigenvalue weighted by Crippen LogP contribution is -2.63. The maximum absolute atomic E-state index is 13.9. The van der Waals surface area contributed by atoms with Crippen molar-refractivity contribution in [3.63, 3.8) is 0 Å². The molecule has 9 atom stereocenters. The molecular formula is C35H39NO6S. The zero-order valence-corrected chi connectivity index (χ0v) is 25.6. The third-order valence-electron chi connectivity index (χ3n) is 11.4. The summed E-state index contributed by atoms with van der Waals surface area (Å²) < 4.78 is 13.6. The SMILES string of the molecule is C[C@@]1(c2ccc(Sc3ccc(N)cc3)cc2)O[C@@H]2CC3[C@@H]4CCC5=CC(=O)C=C[C@]5(C)[C@H]4[C@@H](O)C[C@]3(C)[C@]2(C(=O)CO)O1. The summed E-state index contributed by atoms with van der Waals surface area (Å²) in [6.45, 7) is 5.38. The Labute approximate surface area is 256 Å². The highest BCUT2D eigenvalue weighted by Gasteiger charge is 2.77. The van der Waals surface area contributed by atoms with E-state index in [2.05, 4.69) is 13.8 Å². The van der Waals surface area contributed by atoms with E-state index in [1.807, 2.05) is 61.5 Å². The molecule has 1 saturated heterocycles. The van der Waals surface area contributed by atoms with Gasteiger partial charge in [-0.25, -0.2) is 0 Å². The predicted octanol–water partition coefficient (Wildman–Crippen LogP) is 5.20. The molecule has 7 nitrogen and oxygen atoms in total. The second-order valence-corrected chi connectivity index (χ2v) is 14.8. The van der Waals surface area contributed by atoms with Gasteiger partial charge in [-0.2, -0.15) is 0 Å². The quantitative estimate of drug-likeness (QED) is 0.401. The zero-order chi connectivity index (χ0) is 30.4. The smallest absolute Gasteiger partial charge is 0.193 e. The van der Waals surface area contributed by atoms with Gasteiger partial charge in [0.25, 0.3) is 0 Å². The van der Waals surface area contributed by atoms with E-state index in [9.17, 15) is 19.8 Å². The second kappa shape index (κ2) is 9.88. The van der Waals surface area contributed by atoms with Crippen molar-refractivity contribution in [3.05, 3.63) is 77.9 Å². The second-order valence-electron chi connectivity index (χ2n) is 13.6. The average molecular weight is 602 g/mol. The fourth-order valence-corrected chi connectivity index (χ4v) is 10.3. The van der Waals surface area contributed by atoms with Crippen molar-refractivity contribution in [2.75, 3.05) is 12.3 Å². The molecule has 0 amide bonds. The van der Waals surface area contributed by atoms with Crippen molar-refractivity contribution in [2.24, 2.45) is 28.6 Å². The van der Waals surface area contributed by atoms with E-state index in [0.717, 1.165) is 39.5 Å². The van der Waals surface area contributed by atoms with Crippen LogP contribution in [0.4, 0.5) is 5.69 Å². The number of nitrogens with two attached hydrogens (primary N) is 1. The Morgan fingerprint density at radius 3 is 2.42 bits per heavy atom. The summed E-state index contributed by atoms with van der Waals surface area (Å²) in [4.78, 5) is 28.2. The Morgan fingerprint density at radius 1 is 1.07 bits per heavy atom. The first-order chi connectivity index (χ1) is 20.4. The number of aliphatic hydroxyl groups excluding tert-OH is 2. The van der Waals surface area contributed by atoms with Gasteiger partial charge in [0.15, 0.2) is 23.0 Å². The van der Waals surface area contributed by atoms with Crippen LogP contribution in [-0.4, -0.2) is 46.2 Å². The first-order valence-electron chi connectivity index (χ1n) is 15.2. The number of Topliss-reactive ketones (excluding diaryl/α,β-unsaturated/α-hetero) is 1. The van der Waals surface area contributed by atoms with Crippen molar-refractivity contribution in [1.29, 1.82) is 0 Å². The number of ketones is 2. The number of hydrogen-bond acceptors (Lipinski definition) is 8. The van der Waals surface area contributed by atoms with Gasteiger partial charge in [0.05, 0.1) is 12.2 Å². The van der Waals surface area contributed by atoms with Crippen LogP contribution in [0.15, 0.2) is 82.1 Å². The molecule has 0 aromatic heterocycles. The molecule has 2 aromatic carbocycles. The molecule has 1 aliphatic heterocycles. The maximum Gasteiger partial charge on any atom is 0.193 e. The van der Waals surface area contributed by atoms with Crippen molar-refractivity contribution in [1.82, 2.24) is 0 Å². The number of benzene rings is 2. The van der Waals surface area contributed by atoms with Gasteiger partial charge in [0, 0.05) is 37.8 Å². The Bertz CT molecular complexity index is 1540. The number of anilines is 1. The van der Waals surface area contributed by atoms with Crippen molar-refractivity contribution in [3.8, 4) is 0 Å². The van der Waals surface area contributed by atoms with Gasteiger partial charge in [0.2, 0.25) is 0 Å². The van der Waals surface area contributed by atoms with Crippen molar-refractivity contribution >= 4 is 29.0 Å². The van der Waals surface area contributed by atoms with E-state index in [-0.39, 0.29) is 23.5 Å². The minimum absolute atomic E-state index is 0.00178. The predicted molar refractivity (Wildman–Crippen MR) is 163 cm³/mol. The number of hydrogen-bond donors (Lipinski definition) is 3. The average Bonchev–Trinajstić information content (AvgIpc) is 3.42. The van der Waals surface area contributed by atoms with E-state index in [4.69, 9.17) is 15.2 Å². The molecule has 7 rings (SSSR count). The molecular weight excluding hydrogens is 562 g/mol. The lowest BCUT2D eigenvalue weighted by molar-refractivity contribution is -0.237. The largest absolute Gasteiger partial charge is 0.399 e. The number of nitrogen functional groups attached to an aromatic ring is 1. The molecule has 1 unspecified atom stereocenters. The summed E-state index contributed by atoms with van der Waals surface area (Å²) in [6, 6.07) is 15.7. The molecule has 1 heterocycles. The summed E-state index contributed by atoms with van der Waals surface area (Å²) in [5.41, 5.74) is 5.88. The van der Waals surface area contributed by atoms with Crippen LogP contribution in [0, 0.1) is 28.6 Å². The first-order valence-corrected chi connectivity index (χ1v) is 16.0. The van der Waals surface area contributed by atoms with Crippen LogP contribution < -0.4 is 5.73 Å². The molecule has 2 aromatic rings. The molecule has 0 bridgehead atoms. The van der Waals surface area contributed by atoms with E-state index in [0.29, 0.717) is 12.8 Å². The minimum atomic E-state index is -1.39. The monoisotopic (exact) mass is 601 g/mol. The highest BCUT2D eigenvalue weighted by molar-refractivity contribution is 7.99. The van der Waals surface area contributed by atoms with E-state index >= 15 is 0 Å². The maximum atomic E-state index is 13.9. The van der Waals surface area contributed by atoms with Crippen molar-refractivity contribution < 1.29 is 29.3 Å². The van der Waals surface area contributed by atoms with Crippen LogP contribution in [0.25, 0.3) is 0 Å². The van der Waals surface area contributed by atoms with Gasteiger partial charge in [-0.1, -0.05) is 49.4 Å². The fourth-order valence-electron chi connectivity index (χ4n) is 9.51. The molecule has 0 radical (unpaired) electrons. The van der Waals surface area contributed by atoms with E-state index < -0.39 is 46.8 Å². The van der Waals surface area contributed by atoms with Gasteiger partial charge in [-0.05, 0) is 93.0 Å². The third kappa shape index (κ3) is 4.10. The van der Waals surface area contributed by atoms with Gasteiger partial charge < -0.3 is 25.4 Å². The summed E-state index contributed by atoms with van der Waals surface area (Å²) in [6.07, 6.45) is 6.64. The van der Waals surface area contributed by atoms with Crippen LogP contribution in [0.1, 0.15) is 52.0 Å². The van der Waals surface area contributed by atoms with Crippen LogP contribution >= 0.6 is 11.8 Å². The fraction of sp³-hybridized carbons (Fsp3) is 0.486. The van der Waals surface area contributed by atoms with Gasteiger partial charge in [0.1, 0.15) is 6.61 Å². The normalized spacial score (nSPS) is 41.2. The van der Waals surface area contributed by atoms with Crippen LogP contribution in [0.2, 0.25) is 0 Å². The number of fused-ring (bicyclic) bond motifs is 7. The number of carbonyl (C=O) groups is 2. The highest BCUT2D eigenvalue weighted by Crippen LogP contribution is 2.71. The number of carbonyl (C=O) groups excluding carboxylic acids is 2. The van der Waals surface area contributed by atoms with E-state index in [1.54, 1.807) is 23.9 Å². The molecule has 4 fully saturated rings. The third-order valence-corrected chi connectivity index (χ3v) is 12.4. The van der Waals surface area contributed by atoms with Crippen LogP contribution in [0.3, 0.4) is 0 Å². The topological polar surface area (TPSA) is 119 Å². The molecule has 4 aliphatic carbocycles. The molecule has 43 heavy (non-hydrogen) atoms. The Morgan fingerprint density at radius 2 is 1.74 bits per heavy atom. The standard InChI is InChI=1S/C35H39NO6S/c1-32-15-14-23(38)16-21(32)6-13-26-27-17-30-35(29(40)19-37,33(27,2)18-28(39)31(26)32)42-34(3,41-30)20-4-9-24(10-5-20)43-25-11-7-22(36)8-12-25/h4-5,7-12,14-16,26-28,30-31,37,39H,6,13,17-19,36H2,1-3H3/t26-,27?,28-,30+,31+,32-,33-,34+,35+/m0/s1. The van der Waals surface area contributed by atoms with Gasteiger partial charge >= 0.3 is 0 Å². The summed E-state index contributed by atoms with van der Waals surface area (Å²) in [7, 11) is 0. The van der Waals surface area contributed by atoms with Crippen LogP contribution in [-0.2, 0) is 24.8 Å². The number of rotatable bonds is 5. The molecule has 5 aliphatic rings. The van der Waals surface area contributed by atoms with Gasteiger partial charge in [-0.3, -0.25) is 9.59 Å². The summed E-state index contributed by atoms with van der Waals surface area (Å²) in [5, 5.41) is 22.2. The van der Waals surface area contributed by atoms with E-state index in [1.165, 1.54) is 0 Å². The lowest BCUT2D eigenvalue weighted by Gasteiger charge is -2.60. The van der Waals surface area contributed by atoms with Crippen molar-refractivity contribution in [2.45, 2.75) is 79.8 Å². The first kappa shape index (κ1) is 29.0. The number of ether oxygens (including phenoxy) is 2. The number of aliphatic hydroxyl groups is 2. The highest BCUT2D eigenvalue weighted by atomic mass is 32.2. The summed E-state index contributed by atoms with van der Waals surface area (Å²) in [5.74, 6) is -1.50. The Balaban J connectivity index is 1.20. The molecule has 0 spiro atoms. The summed E-state index contributed by atoms with van der Waals surface area (Å²) >= 11 is 1.62. The Kier molecular flexibility index (Phi) is 6.66.